The topological polar surface area (TPSA) is 86.5 Å². The second kappa shape index (κ2) is 7.40. The summed E-state index contributed by atoms with van der Waals surface area (Å²) in [6.07, 6.45) is 1.53. The maximum Gasteiger partial charge on any atom is 0.244 e. The lowest BCUT2D eigenvalue weighted by Crippen LogP contribution is -2.06. The van der Waals surface area contributed by atoms with Crippen LogP contribution in [0.5, 0.6) is 0 Å². The van der Waals surface area contributed by atoms with E-state index in [2.05, 4.69) is 31.9 Å². The number of nitriles is 1. The van der Waals surface area contributed by atoms with Crippen molar-refractivity contribution in [1.29, 1.82) is 5.26 Å². The first-order chi connectivity index (χ1) is 11.7. The van der Waals surface area contributed by atoms with Crippen LogP contribution in [0.25, 0.3) is 0 Å². The lowest BCUT2D eigenvalue weighted by Gasteiger charge is -2.08. The molecule has 1 heterocycles. The van der Waals surface area contributed by atoms with Gasteiger partial charge in [0.2, 0.25) is 5.95 Å². The van der Waals surface area contributed by atoms with Crippen LogP contribution in [0, 0.1) is 11.3 Å². The first-order valence-electron chi connectivity index (χ1n) is 7.18. The molecule has 0 aliphatic heterocycles. The molecule has 6 nitrogen and oxygen atoms in total. The number of halogens is 1. The summed E-state index contributed by atoms with van der Waals surface area (Å²) in [6, 6.07) is 16.7. The zero-order valence-electron chi connectivity index (χ0n) is 12.6. The average molecular weight is 337 g/mol. The lowest BCUT2D eigenvalue weighted by molar-refractivity contribution is 0.949. The maximum atomic E-state index is 8.81. The molecular weight excluding hydrogens is 324 g/mol. The molecule has 7 heteroatoms. The summed E-state index contributed by atoms with van der Waals surface area (Å²) in [5, 5.41) is 23.6. The number of nitrogens with zero attached hydrogens (tertiary/aromatic N) is 4. The highest BCUT2D eigenvalue weighted by Crippen LogP contribution is 2.15. The summed E-state index contributed by atoms with van der Waals surface area (Å²) in [6.45, 7) is 0.569. The predicted molar refractivity (Wildman–Crippen MR) is 93.0 cm³/mol. The van der Waals surface area contributed by atoms with Crippen LogP contribution >= 0.6 is 11.6 Å². The van der Waals surface area contributed by atoms with Crippen molar-refractivity contribution in [1.82, 2.24) is 15.2 Å². The second-order valence-electron chi connectivity index (χ2n) is 4.96. The quantitative estimate of drug-likeness (QED) is 0.737. The third-order valence-corrected chi connectivity index (χ3v) is 3.46. The molecule has 0 aliphatic rings. The molecule has 0 unspecified atom stereocenters. The largest absolute Gasteiger partial charge is 0.349 e. The van der Waals surface area contributed by atoms with Crippen LogP contribution in [-0.4, -0.2) is 15.2 Å². The van der Waals surface area contributed by atoms with Crippen molar-refractivity contribution >= 4 is 29.1 Å². The fourth-order valence-electron chi connectivity index (χ4n) is 2.00. The van der Waals surface area contributed by atoms with Crippen molar-refractivity contribution in [3.05, 3.63) is 70.9 Å². The van der Waals surface area contributed by atoms with Crippen molar-refractivity contribution in [3.63, 3.8) is 0 Å². The number of hydrogen-bond acceptors (Lipinski definition) is 6. The summed E-state index contributed by atoms with van der Waals surface area (Å²) in [7, 11) is 0. The number of hydrogen-bond donors (Lipinski definition) is 2. The second-order valence-corrected chi connectivity index (χ2v) is 5.40. The predicted octanol–water partition coefficient (Wildman–Crippen LogP) is 3.75. The molecule has 0 spiro atoms. The van der Waals surface area contributed by atoms with Gasteiger partial charge in [0.15, 0.2) is 5.82 Å². The van der Waals surface area contributed by atoms with E-state index in [9.17, 15) is 0 Å². The third kappa shape index (κ3) is 4.18. The molecule has 0 atom stereocenters. The molecular formula is C17H13ClN6. The highest BCUT2D eigenvalue weighted by atomic mass is 35.5. The Bertz CT molecular complexity index is 855. The van der Waals surface area contributed by atoms with Gasteiger partial charge in [-0.25, -0.2) is 0 Å². The van der Waals surface area contributed by atoms with Crippen LogP contribution in [0.1, 0.15) is 11.1 Å². The summed E-state index contributed by atoms with van der Waals surface area (Å²) < 4.78 is 0. The molecule has 0 bridgehead atoms. The standard InChI is InChI=1S/C17H13ClN6/c18-14-5-1-13(2-6-14)10-20-17-23-16(11-21-24-17)22-15-7-3-12(9-19)4-8-15/h1-8,11H,10H2,(H2,20,22,23,24). The molecule has 3 rings (SSSR count). The molecule has 0 aliphatic carbocycles. The van der Waals surface area contributed by atoms with Crippen molar-refractivity contribution < 1.29 is 0 Å². The Hall–Kier alpha value is -3.17. The van der Waals surface area contributed by atoms with E-state index in [0.717, 1.165) is 11.3 Å². The monoisotopic (exact) mass is 336 g/mol. The fraction of sp³-hybridized carbons (Fsp3) is 0.0588. The smallest absolute Gasteiger partial charge is 0.244 e. The van der Waals surface area contributed by atoms with Crippen molar-refractivity contribution in [2.24, 2.45) is 0 Å². The maximum absolute atomic E-state index is 8.81. The fourth-order valence-corrected chi connectivity index (χ4v) is 2.12. The lowest BCUT2D eigenvalue weighted by atomic mass is 10.2. The highest BCUT2D eigenvalue weighted by Gasteiger charge is 2.02. The van der Waals surface area contributed by atoms with Gasteiger partial charge in [0, 0.05) is 17.3 Å². The molecule has 1 aromatic heterocycles. The molecule has 0 fully saturated rings. The van der Waals surface area contributed by atoms with Gasteiger partial charge >= 0.3 is 0 Å². The number of aromatic nitrogens is 3. The highest BCUT2D eigenvalue weighted by molar-refractivity contribution is 6.30. The van der Waals surface area contributed by atoms with Gasteiger partial charge in [0.1, 0.15) is 0 Å². The van der Waals surface area contributed by atoms with Gasteiger partial charge in [-0.15, -0.1) is 5.10 Å². The van der Waals surface area contributed by atoms with Gasteiger partial charge in [-0.1, -0.05) is 23.7 Å². The van der Waals surface area contributed by atoms with Gasteiger partial charge in [-0.3, -0.25) is 0 Å². The Morgan fingerprint density at radius 3 is 2.50 bits per heavy atom. The summed E-state index contributed by atoms with van der Waals surface area (Å²) in [5.41, 5.74) is 2.48. The number of benzene rings is 2. The molecule has 2 N–H and O–H groups in total. The van der Waals surface area contributed by atoms with Gasteiger partial charge in [-0.2, -0.15) is 15.3 Å². The minimum absolute atomic E-state index is 0.420. The van der Waals surface area contributed by atoms with E-state index in [0.29, 0.717) is 28.9 Å². The van der Waals surface area contributed by atoms with Crippen molar-refractivity contribution in [3.8, 4) is 6.07 Å². The van der Waals surface area contributed by atoms with E-state index in [1.807, 2.05) is 36.4 Å². The molecule has 2 aromatic carbocycles. The molecule has 0 radical (unpaired) electrons. The van der Waals surface area contributed by atoms with Gasteiger partial charge < -0.3 is 10.6 Å². The SMILES string of the molecule is N#Cc1ccc(Nc2cnnc(NCc3ccc(Cl)cc3)n2)cc1. The Morgan fingerprint density at radius 2 is 1.79 bits per heavy atom. The van der Waals surface area contributed by atoms with E-state index >= 15 is 0 Å². The minimum atomic E-state index is 0.420. The average Bonchev–Trinajstić information content (AvgIpc) is 2.62. The van der Waals surface area contributed by atoms with Gasteiger partial charge in [0.25, 0.3) is 0 Å². The third-order valence-electron chi connectivity index (χ3n) is 3.21. The van der Waals surface area contributed by atoms with Crippen molar-refractivity contribution in [2.75, 3.05) is 10.6 Å². The molecule has 3 aromatic rings. The van der Waals surface area contributed by atoms with E-state index < -0.39 is 0 Å². The van der Waals surface area contributed by atoms with E-state index in [1.165, 1.54) is 6.20 Å². The molecule has 0 saturated heterocycles. The van der Waals surface area contributed by atoms with Crippen LogP contribution in [0.4, 0.5) is 17.5 Å². The van der Waals surface area contributed by atoms with Crippen LogP contribution in [0.2, 0.25) is 5.02 Å². The first-order valence-corrected chi connectivity index (χ1v) is 7.56. The van der Waals surface area contributed by atoms with E-state index in [-0.39, 0.29) is 0 Å². The zero-order chi connectivity index (χ0) is 16.8. The van der Waals surface area contributed by atoms with Crippen LogP contribution in [0.3, 0.4) is 0 Å². The Labute approximate surface area is 144 Å². The number of rotatable bonds is 5. The van der Waals surface area contributed by atoms with Crippen LogP contribution in [0.15, 0.2) is 54.7 Å². The molecule has 0 saturated carbocycles. The Morgan fingerprint density at radius 1 is 1.04 bits per heavy atom. The Kier molecular flexibility index (Phi) is 4.84. The first kappa shape index (κ1) is 15.7. The minimum Gasteiger partial charge on any atom is -0.349 e. The van der Waals surface area contributed by atoms with E-state index in [4.69, 9.17) is 16.9 Å². The molecule has 118 valence electrons. The molecule has 0 amide bonds. The molecule has 24 heavy (non-hydrogen) atoms. The van der Waals surface area contributed by atoms with Gasteiger partial charge in [0.05, 0.1) is 17.8 Å². The number of nitrogens with one attached hydrogen (secondary N) is 2. The Balaban J connectivity index is 1.65. The van der Waals surface area contributed by atoms with Crippen LogP contribution in [-0.2, 0) is 6.54 Å². The van der Waals surface area contributed by atoms with Crippen LogP contribution < -0.4 is 10.6 Å². The van der Waals surface area contributed by atoms with Crippen molar-refractivity contribution in [2.45, 2.75) is 6.54 Å². The van der Waals surface area contributed by atoms with Gasteiger partial charge in [-0.05, 0) is 42.0 Å². The summed E-state index contributed by atoms with van der Waals surface area (Å²) >= 11 is 5.86. The van der Waals surface area contributed by atoms with E-state index in [1.54, 1.807) is 12.1 Å². The summed E-state index contributed by atoms with van der Waals surface area (Å²) in [4.78, 5) is 4.36. The normalized spacial score (nSPS) is 10.0. The number of anilines is 3. The zero-order valence-corrected chi connectivity index (χ0v) is 13.3. The summed E-state index contributed by atoms with van der Waals surface area (Å²) in [5.74, 6) is 0.983.